The first-order valence-corrected chi connectivity index (χ1v) is 11.5. The topological polar surface area (TPSA) is 111 Å². The minimum absolute atomic E-state index is 0.183. The number of sulfonamides is 1. The third kappa shape index (κ3) is 5.83. The summed E-state index contributed by atoms with van der Waals surface area (Å²) in [5, 5.41) is 4.32. The molecule has 162 valence electrons. The first-order chi connectivity index (χ1) is 14.8. The molecule has 3 aromatic rings. The first kappa shape index (κ1) is 22.3. The summed E-state index contributed by atoms with van der Waals surface area (Å²) in [5.41, 5.74) is 1.02. The highest BCUT2D eigenvalue weighted by molar-refractivity contribution is 7.94. The van der Waals surface area contributed by atoms with Crippen molar-refractivity contribution < 1.29 is 27.5 Å². The summed E-state index contributed by atoms with van der Waals surface area (Å²) < 4.78 is 37.4. The van der Waals surface area contributed by atoms with E-state index in [9.17, 15) is 18.0 Å². The van der Waals surface area contributed by atoms with E-state index in [1.165, 1.54) is 37.3 Å². The molecule has 0 aliphatic carbocycles. The molecule has 1 heterocycles. The largest absolute Gasteiger partial charge is 0.497 e. The monoisotopic (exact) mass is 460 g/mol. The number of anilines is 2. The van der Waals surface area contributed by atoms with Crippen LogP contribution in [-0.2, 0) is 19.6 Å². The number of nitrogens with one attached hydrogen (secondary N) is 2. The number of carbonyl (C=O) groups excluding carboxylic acids is 2. The van der Waals surface area contributed by atoms with Gasteiger partial charge in [0, 0.05) is 11.4 Å². The molecule has 0 radical (unpaired) electrons. The zero-order valence-electron chi connectivity index (χ0n) is 16.7. The Labute approximate surface area is 183 Å². The molecule has 0 aliphatic rings. The van der Waals surface area contributed by atoms with Crippen molar-refractivity contribution in [1.29, 1.82) is 0 Å². The number of ether oxygens (including phenoxy) is 2. The molecule has 0 saturated heterocycles. The smallest absolute Gasteiger partial charge is 0.338 e. The maximum absolute atomic E-state index is 12.3. The van der Waals surface area contributed by atoms with E-state index in [1.54, 1.807) is 42.8 Å². The highest BCUT2D eigenvalue weighted by atomic mass is 32.2. The van der Waals surface area contributed by atoms with E-state index in [0.717, 1.165) is 11.3 Å². The van der Waals surface area contributed by atoms with Crippen molar-refractivity contribution in [2.75, 3.05) is 17.1 Å². The molecule has 0 spiro atoms. The maximum atomic E-state index is 12.3. The molecule has 2 N–H and O–H groups in total. The van der Waals surface area contributed by atoms with Crippen molar-refractivity contribution in [1.82, 2.24) is 0 Å². The normalized spacial score (nSPS) is 11.9. The van der Waals surface area contributed by atoms with Crippen LogP contribution >= 0.6 is 11.3 Å². The number of amides is 1. The van der Waals surface area contributed by atoms with Gasteiger partial charge in [-0.3, -0.25) is 9.52 Å². The van der Waals surface area contributed by atoms with Gasteiger partial charge in [-0.25, -0.2) is 13.2 Å². The van der Waals surface area contributed by atoms with Gasteiger partial charge in [-0.05, 0) is 66.9 Å². The van der Waals surface area contributed by atoms with Crippen LogP contribution in [0.4, 0.5) is 11.4 Å². The van der Waals surface area contributed by atoms with E-state index in [0.29, 0.717) is 17.1 Å². The van der Waals surface area contributed by atoms with Crippen LogP contribution in [0.15, 0.2) is 70.3 Å². The van der Waals surface area contributed by atoms with Crippen LogP contribution in [0.25, 0.3) is 0 Å². The Kier molecular flexibility index (Phi) is 6.93. The van der Waals surface area contributed by atoms with Crippen molar-refractivity contribution in [3.05, 3.63) is 71.6 Å². The number of thiophene rings is 1. The van der Waals surface area contributed by atoms with Crippen LogP contribution in [0, 0.1) is 0 Å². The van der Waals surface area contributed by atoms with Crippen LogP contribution in [0.2, 0.25) is 0 Å². The van der Waals surface area contributed by atoms with E-state index in [2.05, 4.69) is 10.0 Å². The average molecular weight is 461 g/mol. The van der Waals surface area contributed by atoms with Gasteiger partial charge < -0.3 is 14.8 Å². The molecule has 0 saturated carbocycles. The summed E-state index contributed by atoms with van der Waals surface area (Å²) in [6.45, 7) is 1.46. The lowest BCUT2D eigenvalue weighted by Gasteiger charge is -2.14. The maximum Gasteiger partial charge on any atom is 0.338 e. The molecule has 3 rings (SSSR count). The number of esters is 1. The number of rotatable bonds is 8. The van der Waals surface area contributed by atoms with Gasteiger partial charge in [-0.15, -0.1) is 11.3 Å². The zero-order chi connectivity index (χ0) is 22.4. The summed E-state index contributed by atoms with van der Waals surface area (Å²) in [6.07, 6.45) is -1.04. The van der Waals surface area contributed by atoms with Gasteiger partial charge in [-0.1, -0.05) is 6.07 Å². The third-order valence-corrected chi connectivity index (χ3v) is 6.92. The van der Waals surface area contributed by atoms with E-state index in [-0.39, 0.29) is 9.77 Å². The van der Waals surface area contributed by atoms with Crippen molar-refractivity contribution in [2.24, 2.45) is 0 Å². The van der Waals surface area contributed by atoms with Crippen molar-refractivity contribution in [3.63, 3.8) is 0 Å². The van der Waals surface area contributed by atoms with E-state index < -0.39 is 28.0 Å². The summed E-state index contributed by atoms with van der Waals surface area (Å²) in [5.74, 6) is -0.539. The van der Waals surface area contributed by atoms with Gasteiger partial charge in [-0.2, -0.15) is 0 Å². The molecular formula is C21H20N2O6S2. The van der Waals surface area contributed by atoms with E-state index >= 15 is 0 Å². The third-order valence-electron chi connectivity index (χ3n) is 4.14. The van der Waals surface area contributed by atoms with Crippen LogP contribution in [-0.4, -0.2) is 33.5 Å². The van der Waals surface area contributed by atoms with Gasteiger partial charge in [0.05, 0.1) is 12.7 Å². The predicted molar refractivity (Wildman–Crippen MR) is 118 cm³/mol. The summed E-state index contributed by atoms with van der Waals surface area (Å²) in [4.78, 5) is 24.6. The van der Waals surface area contributed by atoms with Crippen LogP contribution < -0.4 is 14.8 Å². The molecule has 31 heavy (non-hydrogen) atoms. The lowest BCUT2D eigenvalue weighted by molar-refractivity contribution is -0.123. The fraction of sp³-hybridized carbons (Fsp3) is 0.143. The quantitative estimate of drug-likeness (QED) is 0.496. The minimum Gasteiger partial charge on any atom is -0.497 e. The summed E-state index contributed by atoms with van der Waals surface area (Å²) in [7, 11) is -2.13. The molecule has 10 heteroatoms. The summed E-state index contributed by atoms with van der Waals surface area (Å²) in [6, 6.07) is 15.6. The first-order valence-electron chi connectivity index (χ1n) is 9.11. The zero-order valence-corrected chi connectivity index (χ0v) is 18.3. The van der Waals surface area contributed by atoms with Gasteiger partial charge >= 0.3 is 5.97 Å². The second kappa shape index (κ2) is 9.63. The Hall–Kier alpha value is -3.37. The molecule has 0 bridgehead atoms. The number of hydrogen-bond donors (Lipinski definition) is 2. The van der Waals surface area contributed by atoms with Crippen LogP contribution in [0.5, 0.6) is 5.75 Å². The highest BCUT2D eigenvalue weighted by Gasteiger charge is 2.20. The lowest BCUT2D eigenvalue weighted by Crippen LogP contribution is -2.30. The van der Waals surface area contributed by atoms with Gasteiger partial charge in [0.2, 0.25) is 0 Å². The van der Waals surface area contributed by atoms with Gasteiger partial charge in [0.25, 0.3) is 15.9 Å². The molecule has 1 amide bonds. The summed E-state index contributed by atoms with van der Waals surface area (Å²) >= 11 is 1.10. The molecular weight excluding hydrogens is 440 g/mol. The fourth-order valence-corrected chi connectivity index (χ4v) is 4.55. The van der Waals surface area contributed by atoms with E-state index in [1.807, 2.05) is 0 Å². The van der Waals surface area contributed by atoms with Crippen molar-refractivity contribution in [2.45, 2.75) is 17.2 Å². The molecule has 1 aromatic heterocycles. The van der Waals surface area contributed by atoms with Crippen molar-refractivity contribution in [3.8, 4) is 5.75 Å². The molecule has 0 aliphatic heterocycles. The SMILES string of the molecule is COc1ccc(NC(=O)C(C)OC(=O)c2ccc(NS(=O)(=O)c3cccs3)cc2)cc1. The molecule has 2 aromatic carbocycles. The number of hydrogen-bond acceptors (Lipinski definition) is 7. The second-order valence-electron chi connectivity index (χ2n) is 6.38. The standard InChI is InChI=1S/C21H20N2O6S2/c1-14(20(24)22-16-9-11-18(28-2)12-10-16)29-21(25)15-5-7-17(8-6-15)23-31(26,27)19-4-3-13-30-19/h3-14,23H,1-2H3,(H,22,24). The fourth-order valence-electron chi connectivity index (χ4n) is 2.50. The number of benzene rings is 2. The Morgan fingerprint density at radius 2 is 1.61 bits per heavy atom. The molecule has 1 atom stereocenters. The predicted octanol–water partition coefficient (Wildman–Crippen LogP) is 3.74. The Morgan fingerprint density at radius 1 is 0.968 bits per heavy atom. The molecule has 0 fully saturated rings. The Morgan fingerprint density at radius 3 is 2.19 bits per heavy atom. The van der Waals surface area contributed by atoms with Crippen LogP contribution in [0.3, 0.4) is 0 Å². The second-order valence-corrected chi connectivity index (χ2v) is 9.24. The highest BCUT2D eigenvalue weighted by Crippen LogP contribution is 2.21. The van der Waals surface area contributed by atoms with E-state index in [4.69, 9.17) is 9.47 Å². The molecule has 1 unspecified atom stereocenters. The number of methoxy groups -OCH3 is 1. The van der Waals surface area contributed by atoms with Crippen LogP contribution in [0.1, 0.15) is 17.3 Å². The minimum atomic E-state index is -3.68. The Bertz CT molecular complexity index is 1140. The van der Waals surface area contributed by atoms with Crippen molar-refractivity contribution >= 4 is 44.6 Å². The van der Waals surface area contributed by atoms with Gasteiger partial charge in [0.15, 0.2) is 6.10 Å². The molecule has 8 nitrogen and oxygen atoms in total. The average Bonchev–Trinajstić information content (AvgIpc) is 3.30. The van der Waals surface area contributed by atoms with Gasteiger partial charge in [0.1, 0.15) is 9.96 Å². The Balaban J connectivity index is 1.57. The lowest BCUT2D eigenvalue weighted by atomic mass is 10.2. The number of carbonyl (C=O) groups is 2.